The van der Waals surface area contributed by atoms with Gasteiger partial charge in [0.05, 0.1) is 11.2 Å². The molecule has 0 saturated carbocycles. The van der Waals surface area contributed by atoms with Gasteiger partial charge in [-0.3, -0.25) is 9.59 Å². The van der Waals surface area contributed by atoms with Crippen LogP contribution in [-0.2, 0) is 11.3 Å². The number of benzene rings is 1. The molecule has 8 nitrogen and oxygen atoms in total. The molecule has 0 spiro atoms. The molecule has 0 bridgehead atoms. The number of rotatable bonds is 4. The summed E-state index contributed by atoms with van der Waals surface area (Å²) in [6.45, 7) is 1.06. The van der Waals surface area contributed by atoms with E-state index in [4.69, 9.17) is 11.6 Å². The van der Waals surface area contributed by atoms with Gasteiger partial charge in [0.15, 0.2) is 0 Å². The molecule has 1 unspecified atom stereocenters. The standard InChI is InChI=1S/C17H16ClFN6O2/c18-13-2-1-12(7-14(13)19)23-6-4-11(8-23)22-16(26)9-24-17(27)15-3-5-20-25(15)10-21-24/h1-3,5,7,10-11H,4,6,8-9H2,(H,22,26). The van der Waals surface area contributed by atoms with Gasteiger partial charge in [0.1, 0.15) is 24.2 Å². The Hall–Kier alpha value is -2.94. The summed E-state index contributed by atoms with van der Waals surface area (Å²) in [6, 6.07) is 6.13. The zero-order valence-electron chi connectivity index (χ0n) is 14.2. The number of hydrogen-bond donors (Lipinski definition) is 1. The predicted octanol–water partition coefficient (Wildman–Crippen LogP) is 1.08. The number of nitrogens with one attached hydrogen (secondary N) is 1. The topological polar surface area (TPSA) is 84.5 Å². The SMILES string of the molecule is O=C(Cn1ncn2nccc2c1=O)NC1CCN(c2ccc(Cl)c(F)c2)C1. The van der Waals surface area contributed by atoms with Gasteiger partial charge < -0.3 is 10.2 Å². The Kier molecular flexibility index (Phi) is 4.53. The molecular weight excluding hydrogens is 375 g/mol. The summed E-state index contributed by atoms with van der Waals surface area (Å²) < 4.78 is 16.1. The maximum Gasteiger partial charge on any atom is 0.293 e. The van der Waals surface area contributed by atoms with E-state index in [0.29, 0.717) is 18.6 Å². The van der Waals surface area contributed by atoms with Crippen molar-refractivity contribution in [1.29, 1.82) is 0 Å². The predicted molar refractivity (Wildman–Crippen MR) is 97.4 cm³/mol. The summed E-state index contributed by atoms with van der Waals surface area (Å²) in [7, 11) is 0. The molecule has 1 saturated heterocycles. The van der Waals surface area contributed by atoms with Crippen molar-refractivity contribution in [1.82, 2.24) is 24.7 Å². The van der Waals surface area contributed by atoms with E-state index in [0.717, 1.165) is 16.8 Å². The summed E-state index contributed by atoms with van der Waals surface area (Å²) in [5.74, 6) is -0.773. The lowest BCUT2D eigenvalue weighted by Crippen LogP contribution is -2.41. The van der Waals surface area contributed by atoms with E-state index in [9.17, 15) is 14.0 Å². The maximum atomic E-state index is 13.6. The van der Waals surface area contributed by atoms with Crippen LogP contribution in [0.1, 0.15) is 6.42 Å². The van der Waals surface area contributed by atoms with Gasteiger partial charge in [-0.2, -0.15) is 10.2 Å². The summed E-state index contributed by atoms with van der Waals surface area (Å²) in [4.78, 5) is 26.6. The van der Waals surface area contributed by atoms with Crippen LogP contribution < -0.4 is 15.8 Å². The van der Waals surface area contributed by atoms with Crippen LogP contribution in [0.2, 0.25) is 5.02 Å². The van der Waals surface area contributed by atoms with Crippen molar-refractivity contribution >= 4 is 28.7 Å². The van der Waals surface area contributed by atoms with Crippen molar-refractivity contribution in [2.75, 3.05) is 18.0 Å². The number of hydrogen-bond acceptors (Lipinski definition) is 5. The van der Waals surface area contributed by atoms with Gasteiger partial charge in [0.25, 0.3) is 5.56 Å². The van der Waals surface area contributed by atoms with Crippen molar-refractivity contribution in [3.05, 3.63) is 58.0 Å². The molecule has 27 heavy (non-hydrogen) atoms. The number of aromatic nitrogens is 4. The highest BCUT2D eigenvalue weighted by atomic mass is 35.5. The van der Waals surface area contributed by atoms with Crippen molar-refractivity contribution < 1.29 is 9.18 Å². The zero-order chi connectivity index (χ0) is 19.0. The van der Waals surface area contributed by atoms with E-state index in [1.54, 1.807) is 12.1 Å². The second kappa shape index (κ2) is 6.99. The van der Waals surface area contributed by atoms with Crippen LogP contribution in [0.3, 0.4) is 0 Å². The minimum atomic E-state index is -0.470. The smallest absolute Gasteiger partial charge is 0.293 e. The molecule has 140 valence electrons. The lowest BCUT2D eigenvalue weighted by Gasteiger charge is -2.19. The number of halogens is 2. The highest BCUT2D eigenvalue weighted by molar-refractivity contribution is 6.30. The third-order valence-corrected chi connectivity index (χ3v) is 4.85. The lowest BCUT2D eigenvalue weighted by atomic mass is 10.2. The van der Waals surface area contributed by atoms with Gasteiger partial charge in [0.2, 0.25) is 5.91 Å². The molecular formula is C17H16ClFN6O2. The molecule has 1 aliphatic rings. The first-order valence-corrected chi connectivity index (χ1v) is 8.78. The Morgan fingerprint density at radius 3 is 3.00 bits per heavy atom. The van der Waals surface area contributed by atoms with Gasteiger partial charge in [-0.25, -0.2) is 13.6 Å². The molecule has 1 amide bonds. The second-order valence-corrected chi connectivity index (χ2v) is 6.76. The van der Waals surface area contributed by atoms with Crippen LogP contribution in [0.15, 0.2) is 41.6 Å². The first-order valence-electron chi connectivity index (χ1n) is 8.40. The number of carbonyl (C=O) groups is 1. The number of anilines is 1. The van der Waals surface area contributed by atoms with E-state index in [2.05, 4.69) is 15.5 Å². The normalized spacial score (nSPS) is 16.8. The molecule has 0 radical (unpaired) electrons. The Morgan fingerprint density at radius 2 is 2.19 bits per heavy atom. The van der Waals surface area contributed by atoms with Crippen LogP contribution >= 0.6 is 11.6 Å². The monoisotopic (exact) mass is 390 g/mol. The van der Waals surface area contributed by atoms with Crippen molar-refractivity contribution in [2.24, 2.45) is 0 Å². The molecule has 10 heteroatoms. The van der Waals surface area contributed by atoms with Crippen LogP contribution in [0, 0.1) is 5.82 Å². The van der Waals surface area contributed by atoms with Gasteiger partial charge >= 0.3 is 0 Å². The maximum absolute atomic E-state index is 13.6. The van der Waals surface area contributed by atoms with Gasteiger partial charge in [0, 0.05) is 24.8 Å². The lowest BCUT2D eigenvalue weighted by molar-refractivity contribution is -0.122. The highest BCUT2D eigenvalue weighted by Crippen LogP contribution is 2.25. The molecule has 1 aliphatic heterocycles. The molecule has 4 rings (SSSR count). The van der Waals surface area contributed by atoms with Crippen LogP contribution in [0.4, 0.5) is 10.1 Å². The Morgan fingerprint density at radius 1 is 1.33 bits per heavy atom. The fraction of sp³-hybridized carbons (Fsp3) is 0.294. The van der Waals surface area contributed by atoms with Crippen molar-refractivity contribution in [3.63, 3.8) is 0 Å². The van der Waals surface area contributed by atoms with Gasteiger partial charge in [-0.1, -0.05) is 11.6 Å². The van der Waals surface area contributed by atoms with E-state index in [-0.39, 0.29) is 29.1 Å². The summed E-state index contributed by atoms with van der Waals surface area (Å²) in [5.41, 5.74) is 0.696. The summed E-state index contributed by atoms with van der Waals surface area (Å²) in [5, 5.41) is 10.9. The zero-order valence-corrected chi connectivity index (χ0v) is 14.9. The Bertz CT molecular complexity index is 1070. The Labute approximate surface area is 158 Å². The molecule has 1 fully saturated rings. The second-order valence-electron chi connectivity index (χ2n) is 6.35. The van der Waals surface area contributed by atoms with E-state index < -0.39 is 5.82 Å². The third kappa shape index (κ3) is 3.50. The molecule has 1 N–H and O–H groups in total. The minimum Gasteiger partial charge on any atom is -0.369 e. The number of nitrogens with zero attached hydrogens (tertiary/aromatic N) is 5. The molecule has 0 aliphatic carbocycles. The van der Waals surface area contributed by atoms with Crippen molar-refractivity contribution in [2.45, 2.75) is 19.0 Å². The van der Waals surface area contributed by atoms with Crippen molar-refractivity contribution in [3.8, 4) is 0 Å². The number of carbonyl (C=O) groups excluding carboxylic acids is 1. The molecule has 2 aromatic heterocycles. The van der Waals surface area contributed by atoms with E-state index in [1.807, 2.05) is 4.90 Å². The third-order valence-electron chi connectivity index (χ3n) is 4.54. The summed E-state index contributed by atoms with van der Waals surface area (Å²) >= 11 is 5.71. The largest absolute Gasteiger partial charge is 0.369 e. The first kappa shape index (κ1) is 17.5. The molecule has 3 heterocycles. The van der Waals surface area contributed by atoms with Gasteiger partial charge in [-0.15, -0.1) is 0 Å². The number of fused-ring (bicyclic) bond motifs is 1. The quantitative estimate of drug-likeness (QED) is 0.720. The van der Waals surface area contributed by atoms with Crippen LogP contribution in [0.5, 0.6) is 0 Å². The Balaban J connectivity index is 1.39. The van der Waals surface area contributed by atoms with Crippen LogP contribution in [-0.4, -0.2) is 44.4 Å². The molecule has 1 atom stereocenters. The average Bonchev–Trinajstić information content (AvgIpc) is 3.29. The fourth-order valence-electron chi connectivity index (χ4n) is 3.19. The highest BCUT2D eigenvalue weighted by Gasteiger charge is 2.25. The molecule has 3 aromatic rings. The van der Waals surface area contributed by atoms with Crippen LogP contribution in [0.25, 0.3) is 5.52 Å². The van der Waals surface area contributed by atoms with E-state index >= 15 is 0 Å². The summed E-state index contributed by atoms with van der Waals surface area (Å²) in [6.07, 6.45) is 3.60. The fourth-order valence-corrected chi connectivity index (χ4v) is 3.31. The molecule has 1 aromatic carbocycles. The van der Waals surface area contributed by atoms with Gasteiger partial charge in [-0.05, 0) is 30.7 Å². The van der Waals surface area contributed by atoms with E-state index in [1.165, 1.54) is 29.2 Å². The minimum absolute atomic E-state index is 0.0795. The first-order chi connectivity index (χ1) is 13.0. The average molecular weight is 391 g/mol. The number of amides is 1.